The molecule has 4 atom stereocenters. The van der Waals surface area contributed by atoms with Gasteiger partial charge in [0.25, 0.3) is 0 Å². The van der Waals surface area contributed by atoms with Crippen LogP contribution in [0.5, 0.6) is 5.75 Å². The summed E-state index contributed by atoms with van der Waals surface area (Å²) in [5.74, 6) is 1.05. The van der Waals surface area contributed by atoms with E-state index >= 15 is 0 Å². The third-order valence-corrected chi connectivity index (χ3v) is 7.93. The minimum absolute atomic E-state index is 0.0224. The predicted molar refractivity (Wildman–Crippen MR) is 139 cm³/mol. The molecule has 1 fully saturated rings. The Morgan fingerprint density at radius 1 is 1.00 bits per heavy atom. The molecule has 3 N–H and O–H groups in total. The Bertz CT molecular complexity index is 1130. The summed E-state index contributed by atoms with van der Waals surface area (Å²) in [5, 5.41) is 10.2. The van der Waals surface area contributed by atoms with E-state index in [0.29, 0.717) is 13.0 Å². The number of rotatable bonds is 6. The van der Waals surface area contributed by atoms with Crippen molar-refractivity contribution in [3.8, 4) is 5.75 Å². The fraction of sp³-hybridized carbons (Fsp3) is 0.429. The lowest BCUT2D eigenvalue weighted by molar-refractivity contribution is -0.130. The van der Waals surface area contributed by atoms with Crippen molar-refractivity contribution in [1.29, 1.82) is 0 Å². The van der Waals surface area contributed by atoms with Crippen LogP contribution in [0.4, 0.5) is 0 Å². The molecule has 2 aromatic rings. The third kappa shape index (κ3) is 4.98. The SMILES string of the molecule is CCSC1NC(=O)C2C(NC3=C(C(=O)CC(C)(C)C3)C2c2ccc(OCc3ccccc3)cc2)N1. The van der Waals surface area contributed by atoms with Crippen molar-refractivity contribution in [1.82, 2.24) is 16.0 Å². The van der Waals surface area contributed by atoms with E-state index in [2.05, 4.69) is 36.7 Å². The van der Waals surface area contributed by atoms with Gasteiger partial charge in [0.1, 0.15) is 17.9 Å². The molecule has 4 unspecified atom stereocenters. The summed E-state index contributed by atoms with van der Waals surface area (Å²) in [5.41, 5.74) is 3.56. The van der Waals surface area contributed by atoms with E-state index in [9.17, 15) is 9.59 Å². The van der Waals surface area contributed by atoms with Gasteiger partial charge in [-0.3, -0.25) is 14.9 Å². The van der Waals surface area contributed by atoms with E-state index in [4.69, 9.17) is 4.74 Å². The molecule has 1 amide bonds. The molecule has 35 heavy (non-hydrogen) atoms. The Labute approximate surface area is 211 Å². The van der Waals surface area contributed by atoms with E-state index in [0.717, 1.165) is 40.3 Å². The number of benzene rings is 2. The van der Waals surface area contributed by atoms with E-state index in [1.54, 1.807) is 11.8 Å². The maximum Gasteiger partial charge on any atom is 0.229 e. The molecular formula is C28H33N3O3S. The highest BCUT2D eigenvalue weighted by Crippen LogP contribution is 2.47. The van der Waals surface area contributed by atoms with Gasteiger partial charge in [-0.2, -0.15) is 0 Å². The summed E-state index contributed by atoms with van der Waals surface area (Å²) in [6.45, 7) is 6.83. The summed E-state index contributed by atoms with van der Waals surface area (Å²) in [4.78, 5) is 26.8. The molecule has 0 bridgehead atoms. The lowest BCUT2D eigenvalue weighted by Gasteiger charge is -2.48. The molecule has 0 aromatic heterocycles. The number of thioether (sulfide) groups is 1. The minimum Gasteiger partial charge on any atom is -0.489 e. The number of allylic oxidation sites excluding steroid dienone is 2. The van der Waals surface area contributed by atoms with Crippen LogP contribution in [0.2, 0.25) is 0 Å². The molecule has 5 rings (SSSR count). The number of hydrogen-bond acceptors (Lipinski definition) is 6. The number of Topliss-reactive ketones (excluding diaryl/α,β-unsaturated/α-hetero) is 1. The zero-order valence-electron chi connectivity index (χ0n) is 20.5. The van der Waals surface area contributed by atoms with Gasteiger partial charge < -0.3 is 15.4 Å². The number of ketones is 1. The predicted octanol–water partition coefficient (Wildman–Crippen LogP) is 4.29. The first-order valence-electron chi connectivity index (χ1n) is 12.3. The fourth-order valence-electron chi connectivity index (χ4n) is 5.49. The number of amides is 1. The van der Waals surface area contributed by atoms with Crippen LogP contribution in [-0.4, -0.2) is 29.1 Å². The molecule has 3 aliphatic rings. The quantitative estimate of drug-likeness (QED) is 0.559. The van der Waals surface area contributed by atoms with Crippen molar-refractivity contribution < 1.29 is 14.3 Å². The molecule has 0 saturated carbocycles. The number of ether oxygens (including phenoxy) is 1. The molecule has 7 heteroatoms. The highest BCUT2D eigenvalue weighted by Gasteiger charge is 2.50. The van der Waals surface area contributed by atoms with Gasteiger partial charge in [0.05, 0.1) is 12.1 Å². The van der Waals surface area contributed by atoms with E-state index in [-0.39, 0.29) is 34.7 Å². The van der Waals surface area contributed by atoms with Gasteiger partial charge in [-0.25, -0.2) is 0 Å². The smallest absolute Gasteiger partial charge is 0.229 e. The molecule has 0 radical (unpaired) electrons. The lowest BCUT2D eigenvalue weighted by atomic mass is 9.66. The van der Waals surface area contributed by atoms with Crippen molar-refractivity contribution in [3.05, 3.63) is 77.0 Å². The highest BCUT2D eigenvalue weighted by molar-refractivity contribution is 7.99. The molecule has 2 heterocycles. The van der Waals surface area contributed by atoms with Gasteiger partial charge in [0.2, 0.25) is 5.91 Å². The van der Waals surface area contributed by atoms with Crippen molar-refractivity contribution in [2.24, 2.45) is 11.3 Å². The normalized spacial score (nSPS) is 27.4. The Hall–Kier alpha value is -2.77. The number of carbonyl (C=O) groups excluding carboxylic acids is 2. The lowest BCUT2D eigenvalue weighted by Crippen LogP contribution is -2.68. The molecule has 6 nitrogen and oxygen atoms in total. The maximum absolute atomic E-state index is 13.4. The summed E-state index contributed by atoms with van der Waals surface area (Å²) < 4.78 is 5.97. The monoisotopic (exact) mass is 491 g/mol. The van der Waals surface area contributed by atoms with Crippen molar-refractivity contribution in [2.75, 3.05) is 5.75 Å². The van der Waals surface area contributed by atoms with Gasteiger partial charge in [-0.15, -0.1) is 11.8 Å². The van der Waals surface area contributed by atoms with E-state index in [1.165, 1.54) is 0 Å². The first kappa shape index (κ1) is 23.9. The van der Waals surface area contributed by atoms with Gasteiger partial charge in [-0.1, -0.05) is 63.2 Å². The average Bonchev–Trinajstić information content (AvgIpc) is 2.82. The number of hydrogen-bond donors (Lipinski definition) is 3. The minimum atomic E-state index is -0.413. The molecule has 2 aromatic carbocycles. The van der Waals surface area contributed by atoms with Crippen molar-refractivity contribution in [2.45, 2.75) is 57.8 Å². The summed E-state index contributed by atoms with van der Waals surface area (Å²) in [6.07, 6.45) is 1.05. The van der Waals surface area contributed by atoms with Gasteiger partial charge >= 0.3 is 0 Å². The Morgan fingerprint density at radius 3 is 2.46 bits per heavy atom. The summed E-state index contributed by atoms with van der Waals surface area (Å²) >= 11 is 1.66. The van der Waals surface area contributed by atoms with Crippen LogP contribution >= 0.6 is 11.8 Å². The van der Waals surface area contributed by atoms with Crippen LogP contribution in [-0.2, 0) is 16.2 Å². The number of nitrogens with one attached hydrogen (secondary N) is 3. The van der Waals surface area contributed by atoms with Crippen LogP contribution in [0.25, 0.3) is 0 Å². The average molecular weight is 492 g/mol. The van der Waals surface area contributed by atoms with Crippen LogP contribution in [0.3, 0.4) is 0 Å². The topological polar surface area (TPSA) is 79.5 Å². The first-order chi connectivity index (χ1) is 16.8. The Balaban J connectivity index is 1.46. The van der Waals surface area contributed by atoms with Crippen LogP contribution in [0, 0.1) is 11.3 Å². The second kappa shape index (κ2) is 9.70. The van der Waals surface area contributed by atoms with Gasteiger partial charge in [-0.05, 0) is 40.8 Å². The second-order valence-corrected chi connectivity index (χ2v) is 11.7. The summed E-state index contributed by atoms with van der Waals surface area (Å²) in [6, 6.07) is 17.9. The standard InChI is InChI=1S/C28H33N3O3S/c1-4-35-27-30-25-24(26(33)31-27)22(23-20(29-25)14-28(2,3)15-21(23)32)18-10-12-19(13-11-18)34-16-17-8-6-5-7-9-17/h5-13,22,24-25,27,29-30H,4,14-16H2,1-3H3,(H,31,33). The fourth-order valence-corrected chi connectivity index (χ4v) is 6.27. The Morgan fingerprint density at radius 2 is 1.74 bits per heavy atom. The second-order valence-electron chi connectivity index (χ2n) is 10.3. The van der Waals surface area contributed by atoms with Crippen LogP contribution < -0.4 is 20.7 Å². The maximum atomic E-state index is 13.4. The molecule has 0 spiro atoms. The molecule has 184 valence electrons. The van der Waals surface area contributed by atoms with Gasteiger partial charge in [0, 0.05) is 23.6 Å². The zero-order chi connectivity index (χ0) is 24.6. The summed E-state index contributed by atoms with van der Waals surface area (Å²) in [7, 11) is 0. The zero-order valence-corrected chi connectivity index (χ0v) is 21.3. The van der Waals surface area contributed by atoms with Crippen LogP contribution in [0.15, 0.2) is 65.9 Å². The van der Waals surface area contributed by atoms with E-state index < -0.39 is 5.92 Å². The van der Waals surface area contributed by atoms with Crippen molar-refractivity contribution >= 4 is 23.5 Å². The molecule has 2 aliphatic heterocycles. The third-order valence-electron chi connectivity index (χ3n) is 7.01. The van der Waals surface area contributed by atoms with Crippen LogP contribution in [0.1, 0.15) is 50.7 Å². The number of fused-ring (bicyclic) bond motifs is 1. The molecule has 1 saturated heterocycles. The largest absolute Gasteiger partial charge is 0.489 e. The first-order valence-corrected chi connectivity index (χ1v) is 13.4. The molecular weight excluding hydrogens is 458 g/mol. The highest BCUT2D eigenvalue weighted by atomic mass is 32.2. The Kier molecular flexibility index (Phi) is 6.64. The van der Waals surface area contributed by atoms with Crippen molar-refractivity contribution in [3.63, 3.8) is 0 Å². The van der Waals surface area contributed by atoms with E-state index in [1.807, 2.05) is 54.6 Å². The van der Waals surface area contributed by atoms with Gasteiger partial charge in [0.15, 0.2) is 5.78 Å². The molecule has 1 aliphatic carbocycles. The number of carbonyl (C=O) groups is 2.